The first-order chi connectivity index (χ1) is 19.6. The molecule has 0 N–H and O–H groups in total. The summed E-state index contributed by atoms with van der Waals surface area (Å²) < 4.78 is 0. The van der Waals surface area contributed by atoms with Crippen molar-refractivity contribution < 1.29 is 0 Å². The highest BCUT2D eigenvalue weighted by Crippen LogP contribution is 2.63. The van der Waals surface area contributed by atoms with Crippen molar-refractivity contribution in [1.82, 2.24) is 4.98 Å². The molecule has 0 atom stereocenters. The van der Waals surface area contributed by atoms with E-state index in [-0.39, 0.29) is 16.2 Å². The lowest BCUT2D eigenvalue weighted by molar-refractivity contribution is 0.660. The number of aromatic nitrogens is 1. The van der Waals surface area contributed by atoms with Crippen LogP contribution in [0.4, 0.5) is 0 Å². The van der Waals surface area contributed by atoms with E-state index in [1.807, 2.05) is 12.3 Å². The summed E-state index contributed by atoms with van der Waals surface area (Å²) >= 11 is 0. The summed E-state index contributed by atoms with van der Waals surface area (Å²) in [6.07, 6.45) is 1.88. The van der Waals surface area contributed by atoms with Crippen LogP contribution in [0.3, 0.4) is 0 Å². The summed E-state index contributed by atoms with van der Waals surface area (Å²) in [5.74, 6) is 0. The number of allylic oxidation sites excluding steroid dienone is 2. The van der Waals surface area contributed by atoms with E-state index in [1.54, 1.807) is 0 Å². The number of nitrogens with zero attached hydrogens (tertiary/aromatic N) is 1. The normalized spacial score (nSPS) is 18.0. The van der Waals surface area contributed by atoms with Gasteiger partial charge in [-0.05, 0) is 97.1 Å². The van der Waals surface area contributed by atoms with Gasteiger partial charge in [0, 0.05) is 28.0 Å². The number of benzene rings is 4. The standard InChI is InChI=1S/C40H35N/c1-38(2)31-12-8-7-11-27(31)28-17-14-24(21-32(28)38)25-15-18-29-33(22-25)39(3,4)37-30-19-16-26(35-13-9-10-20-41-35)23-34(30)40(5,6)36(29)37/h7-23H,1-6H3. The minimum Gasteiger partial charge on any atom is -0.256 e. The largest absolute Gasteiger partial charge is 0.256 e. The van der Waals surface area contributed by atoms with Gasteiger partial charge in [0.15, 0.2) is 0 Å². The zero-order valence-electron chi connectivity index (χ0n) is 24.8. The molecule has 3 aliphatic carbocycles. The first-order valence-electron chi connectivity index (χ1n) is 14.8. The van der Waals surface area contributed by atoms with Crippen LogP contribution in [0.25, 0.3) is 44.7 Å². The third-order valence-corrected chi connectivity index (χ3v) is 10.3. The van der Waals surface area contributed by atoms with Gasteiger partial charge in [-0.1, -0.05) is 108 Å². The predicted octanol–water partition coefficient (Wildman–Crippen LogP) is 10.2. The van der Waals surface area contributed by atoms with Gasteiger partial charge in [-0.2, -0.15) is 0 Å². The lowest BCUT2D eigenvalue weighted by Crippen LogP contribution is -2.19. The van der Waals surface area contributed by atoms with Gasteiger partial charge in [0.05, 0.1) is 5.69 Å². The first-order valence-corrected chi connectivity index (χ1v) is 14.8. The van der Waals surface area contributed by atoms with Crippen molar-refractivity contribution >= 4 is 11.1 Å². The van der Waals surface area contributed by atoms with Crippen molar-refractivity contribution in [1.29, 1.82) is 0 Å². The summed E-state index contributed by atoms with van der Waals surface area (Å²) in [6.45, 7) is 14.4. The van der Waals surface area contributed by atoms with Crippen molar-refractivity contribution in [3.05, 3.63) is 137 Å². The zero-order chi connectivity index (χ0) is 28.3. The number of hydrogen-bond acceptors (Lipinski definition) is 1. The third-order valence-electron chi connectivity index (χ3n) is 10.3. The topological polar surface area (TPSA) is 12.9 Å². The molecule has 5 aromatic rings. The molecule has 1 heterocycles. The molecule has 0 bridgehead atoms. The van der Waals surface area contributed by atoms with E-state index in [4.69, 9.17) is 0 Å². The smallest absolute Gasteiger partial charge is 0.0702 e. The molecule has 0 saturated carbocycles. The number of rotatable bonds is 2. The summed E-state index contributed by atoms with van der Waals surface area (Å²) in [5, 5.41) is 0. The molecule has 3 aliphatic rings. The maximum Gasteiger partial charge on any atom is 0.0702 e. The molecular weight excluding hydrogens is 494 g/mol. The molecule has 41 heavy (non-hydrogen) atoms. The van der Waals surface area contributed by atoms with E-state index in [9.17, 15) is 0 Å². The molecule has 0 unspecified atom stereocenters. The maximum absolute atomic E-state index is 4.63. The van der Waals surface area contributed by atoms with E-state index < -0.39 is 0 Å². The molecule has 4 aromatic carbocycles. The Morgan fingerprint density at radius 3 is 1.51 bits per heavy atom. The Bertz CT molecular complexity index is 1950. The Hall–Kier alpha value is -4.23. The quantitative estimate of drug-likeness (QED) is 0.222. The highest BCUT2D eigenvalue weighted by atomic mass is 14.7. The minimum atomic E-state index is -0.0814. The number of fused-ring (bicyclic) bond motifs is 7. The van der Waals surface area contributed by atoms with Crippen LogP contribution >= 0.6 is 0 Å². The Morgan fingerprint density at radius 2 is 0.902 bits per heavy atom. The van der Waals surface area contributed by atoms with E-state index in [0.717, 1.165) is 5.69 Å². The highest BCUT2D eigenvalue weighted by molar-refractivity contribution is 6.10. The molecule has 0 saturated heterocycles. The molecule has 8 rings (SSSR count). The average Bonchev–Trinajstić information content (AvgIpc) is 3.48. The second-order valence-corrected chi connectivity index (χ2v) is 13.7. The lowest BCUT2D eigenvalue weighted by atomic mass is 9.74. The van der Waals surface area contributed by atoms with Gasteiger partial charge in [0.2, 0.25) is 0 Å². The maximum atomic E-state index is 4.63. The third kappa shape index (κ3) is 3.15. The molecule has 0 spiro atoms. The zero-order valence-corrected chi connectivity index (χ0v) is 24.8. The van der Waals surface area contributed by atoms with E-state index >= 15 is 0 Å². The van der Waals surface area contributed by atoms with Crippen molar-refractivity contribution in [2.24, 2.45) is 0 Å². The van der Waals surface area contributed by atoms with Crippen molar-refractivity contribution in [3.63, 3.8) is 0 Å². The van der Waals surface area contributed by atoms with Crippen LogP contribution in [0, 0.1) is 0 Å². The number of hydrogen-bond donors (Lipinski definition) is 0. The molecule has 0 fully saturated rings. The van der Waals surface area contributed by atoms with Crippen LogP contribution in [-0.4, -0.2) is 4.98 Å². The molecule has 1 heteroatoms. The van der Waals surface area contributed by atoms with E-state index in [0.29, 0.717) is 0 Å². The molecule has 0 amide bonds. The number of pyridine rings is 1. The molecule has 0 radical (unpaired) electrons. The van der Waals surface area contributed by atoms with E-state index in [1.165, 1.54) is 72.3 Å². The monoisotopic (exact) mass is 529 g/mol. The minimum absolute atomic E-state index is 0.00250. The first kappa shape index (κ1) is 24.6. The fraction of sp³-hybridized carbons (Fsp3) is 0.225. The van der Waals surface area contributed by atoms with Gasteiger partial charge >= 0.3 is 0 Å². The molecule has 200 valence electrons. The van der Waals surface area contributed by atoms with Crippen molar-refractivity contribution in [2.45, 2.75) is 57.8 Å². The average molecular weight is 530 g/mol. The van der Waals surface area contributed by atoms with E-state index in [2.05, 4.69) is 138 Å². The SMILES string of the molecule is CC1(C)C2=C(c3ccc(-c4ccc5c(c4)C(C)(C)c4ccccc4-5)cc31)C(C)(C)c1cc(-c3ccccn3)ccc12. The van der Waals surface area contributed by atoms with Crippen LogP contribution in [0.2, 0.25) is 0 Å². The molecule has 0 aliphatic heterocycles. The summed E-state index contributed by atoms with van der Waals surface area (Å²) in [6, 6.07) is 36.3. The molecule has 1 nitrogen and oxygen atoms in total. The van der Waals surface area contributed by atoms with Crippen LogP contribution < -0.4 is 0 Å². The Balaban J connectivity index is 1.22. The summed E-state index contributed by atoms with van der Waals surface area (Å²) in [4.78, 5) is 4.63. The van der Waals surface area contributed by atoms with Gasteiger partial charge in [-0.25, -0.2) is 0 Å². The van der Waals surface area contributed by atoms with Gasteiger partial charge in [0.1, 0.15) is 0 Å². The lowest BCUT2D eigenvalue weighted by Gasteiger charge is -2.29. The van der Waals surface area contributed by atoms with Gasteiger partial charge in [-0.15, -0.1) is 0 Å². The van der Waals surface area contributed by atoms with Gasteiger partial charge in [0.25, 0.3) is 0 Å². The Labute approximate surface area is 243 Å². The van der Waals surface area contributed by atoms with Crippen LogP contribution in [0.5, 0.6) is 0 Å². The molecular formula is C40H35N. The van der Waals surface area contributed by atoms with Crippen LogP contribution in [0.1, 0.15) is 74.9 Å². The fourth-order valence-corrected chi connectivity index (χ4v) is 8.15. The summed E-state index contributed by atoms with van der Waals surface area (Å²) in [5.41, 5.74) is 18.9. The van der Waals surface area contributed by atoms with Gasteiger partial charge < -0.3 is 0 Å². The predicted molar refractivity (Wildman–Crippen MR) is 172 cm³/mol. The fourth-order valence-electron chi connectivity index (χ4n) is 8.15. The Morgan fingerprint density at radius 1 is 0.415 bits per heavy atom. The van der Waals surface area contributed by atoms with Crippen LogP contribution in [0.15, 0.2) is 103 Å². The second kappa shape index (κ2) is 7.95. The molecule has 1 aromatic heterocycles. The second-order valence-electron chi connectivity index (χ2n) is 13.7. The van der Waals surface area contributed by atoms with Crippen molar-refractivity contribution in [3.8, 4) is 33.5 Å². The summed E-state index contributed by atoms with van der Waals surface area (Å²) in [7, 11) is 0. The van der Waals surface area contributed by atoms with Crippen LogP contribution in [-0.2, 0) is 16.2 Å². The van der Waals surface area contributed by atoms with Crippen molar-refractivity contribution in [2.75, 3.05) is 0 Å². The van der Waals surface area contributed by atoms with Gasteiger partial charge in [-0.3, -0.25) is 4.98 Å². The Kier molecular flexibility index (Phi) is 4.76. The highest BCUT2D eigenvalue weighted by Gasteiger charge is 2.49.